The molecular weight excluding hydrogens is 355 g/mol. The molecule has 1 heterocycles. The highest BCUT2D eigenvalue weighted by Gasteiger charge is 2.14. The van der Waals surface area contributed by atoms with Crippen LogP contribution in [0.2, 0.25) is 0 Å². The number of carbonyl (C=O) groups is 1. The quantitative estimate of drug-likeness (QED) is 0.804. The van der Waals surface area contributed by atoms with E-state index in [-0.39, 0.29) is 11.6 Å². The Morgan fingerprint density at radius 3 is 2.81 bits per heavy atom. The van der Waals surface area contributed by atoms with Crippen LogP contribution >= 0.6 is 27.3 Å². The maximum absolute atomic E-state index is 13.7. The lowest BCUT2D eigenvalue weighted by atomic mass is 10.1. The lowest BCUT2D eigenvalue weighted by Gasteiger charge is -2.11. The third kappa shape index (κ3) is 4.28. The van der Waals surface area contributed by atoms with Gasteiger partial charge in [0.1, 0.15) is 5.82 Å². The van der Waals surface area contributed by atoms with Gasteiger partial charge >= 0.3 is 0 Å². The van der Waals surface area contributed by atoms with Crippen molar-refractivity contribution < 1.29 is 9.18 Å². The van der Waals surface area contributed by atoms with Gasteiger partial charge in [0.05, 0.1) is 15.0 Å². The van der Waals surface area contributed by atoms with Gasteiger partial charge in [-0.05, 0) is 53.5 Å². The van der Waals surface area contributed by atoms with Crippen molar-refractivity contribution >= 4 is 38.9 Å². The molecule has 0 unspecified atom stereocenters. The molecular formula is C15H16BrFN2OS. The van der Waals surface area contributed by atoms with E-state index >= 15 is 0 Å². The number of halogens is 2. The fourth-order valence-electron chi connectivity index (χ4n) is 1.95. The minimum Gasteiger partial charge on any atom is -0.382 e. The summed E-state index contributed by atoms with van der Waals surface area (Å²) in [5, 5.41) is 5.73. The van der Waals surface area contributed by atoms with E-state index < -0.39 is 5.82 Å². The van der Waals surface area contributed by atoms with Crippen LogP contribution in [0.15, 0.2) is 34.1 Å². The fourth-order valence-corrected chi connectivity index (χ4v) is 3.43. The Hall–Kier alpha value is -1.40. The summed E-state index contributed by atoms with van der Waals surface area (Å²) in [5.74, 6) is -0.673. The van der Waals surface area contributed by atoms with E-state index in [4.69, 9.17) is 0 Å². The van der Waals surface area contributed by atoms with E-state index in [9.17, 15) is 9.18 Å². The normalized spacial score (nSPS) is 10.4. The first kappa shape index (κ1) is 16.0. The second-order valence-corrected chi connectivity index (χ2v) is 6.95. The van der Waals surface area contributed by atoms with Crippen molar-refractivity contribution in [3.8, 4) is 0 Å². The number of thiophene rings is 1. The number of carbonyl (C=O) groups excluding carboxylic acids is 1. The van der Waals surface area contributed by atoms with Crippen molar-refractivity contribution in [3.05, 3.63) is 50.4 Å². The van der Waals surface area contributed by atoms with Crippen molar-refractivity contribution in [2.75, 3.05) is 18.4 Å². The van der Waals surface area contributed by atoms with Crippen molar-refractivity contribution in [3.63, 3.8) is 0 Å². The maximum atomic E-state index is 13.7. The molecule has 0 aliphatic carbocycles. The summed E-state index contributed by atoms with van der Waals surface area (Å²) in [7, 11) is 0. The first-order chi connectivity index (χ1) is 10.1. The van der Waals surface area contributed by atoms with Gasteiger partial charge in [0.2, 0.25) is 0 Å². The Labute approximate surface area is 135 Å². The van der Waals surface area contributed by atoms with Crippen LogP contribution in [0.1, 0.15) is 22.2 Å². The predicted molar refractivity (Wildman–Crippen MR) is 88.6 cm³/mol. The summed E-state index contributed by atoms with van der Waals surface area (Å²) in [4.78, 5) is 13.4. The molecule has 2 N–H and O–H groups in total. The van der Waals surface area contributed by atoms with Crippen molar-refractivity contribution in [2.45, 2.75) is 13.3 Å². The van der Waals surface area contributed by atoms with Crippen LogP contribution in [0.3, 0.4) is 0 Å². The molecule has 1 amide bonds. The first-order valence-electron chi connectivity index (χ1n) is 6.66. The average Bonchev–Trinajstić information content (AvgIpc) is 2.87. The molecule has 0 aliphatic rings. The molecule has 0 aliphatic heterocycles. The molecule has 0 saturated heterocycles. The summed E-state index contributed by atoms with van der Waals surface area (Å²) in [6, 6.07) is 8.52. The van der Waals surface area contributed by atoms with Crippen LogP contribution in [0.25, 0.3) is 0 Å². The summed E-state index contributed by atoms with van der Waals surface area (Å²) >= 11 is 5.05. The topological polar surface area (TPSA) is 41.1 Å². The molecule has 6 heteroatoms. The standard InChI is InChI=1S/C15H16BrFN2OS/c1-2-18-14-11(4-3-5-12(14)17)15(20)19-9-8-10-6-7-13(16)21-10/h3-7,18H,2,8-9H2,1H3,(H,19,20). The Morgan fingerprint density at radius 1 is 1.33 bits per heavy atom. The lowest BCUT2D eigenvalue weighted by Crippen LogP contribution is -2.26. The zero-order chi connectivity index (χ0) is 15.2. The number of para-hydroxylation sites is 1. The van der Waals surface area contributed by atoms with E-state index in [1.165, 1.54) is 10.9 Å². The van der Waals surface area contributed by atoms with Gasteiger partial charge in [-0.3, -0.25) is 4.79 Å². The number of amides is 1. The summed E-state index contributed by atoms with van der Waals surface area (Å²) < 4.78 is 14.8. The molecule has 2 aromatic rings. The molecule has 2 rings (SSSR count). The summed E-state index contributed by atoms with van der Waals surface area (Å²) in [5.41, 5.74) is 0.598. The van der Waals surface area contributed by atoms with Crippen LogP contribution < -0.4 is 10.6 Å². The maximum Gasteiger partial charge on any atom is 0.253 e. The molecule has 0 atom stereocenters. The molecule has 0 saturated carbocycles. The molecule has 0 radical (unpaired) electrons. The predicted octanol–water partition coefficient (Wildman–Crippen LogP) is 4.05. The largest absolute Gasteiger partial charge is 0.382 e. The molecule has 0 spiro atoms. The minimum atomic E-state index is -0.410. The van der Waals surface area contributed by atoms with Crippen LogP contribution in [-0.2, 0) is 6.42 Å². The van der Waals surface area contributed by atoms with Crippen molar-refractivity contribution in [2.24, 2.45) is 0 Å². The molecule has 21 heavy (non-hydrogen) atoms. The van der Waals surface area contributed by atoms with Gasteiger partial charge < -0.3 is 10.6 Å². The molecule has 1 aromatic heterocycles. The van der Waals surface area contributed by atoms with Gasteiger partial charge in [0.25, 0.3) is 5.91 Å². The number of hydrogen-bond donors (Lipinski definition) is 2. The minimum absolute atomic E-state index is 0.261. The third-order valence-corrected chi connectivity index (χ3v) is 4.58. The van der Waals surface area contributed by atoms with Gasteiger partial charge in [-0.25, -0.2) is 4.39 Å². The van der Waals surface area contributed by atoms with Gasteiger partial charge in [-0.1, -0.05) is 6.07 Å². The SMILES string of the molecule is CCNc1c(F)cccc1C(=O)NCCc1ccc(Br)s1. The first-order valence-corrected chi connectivity index (χ1v) is 8.27. The molecule has 1 aromatic carbocycles. The van der Waals surface area contributed by atoms with Gasteiger partial charge in [0, 0.05) is 18.0 Å². The van der Waals surface area contributed by atoms with Crippen LogP contribution in [0, 0.1) is 5.82 Å². The summed E-state index contributed by atoms with van der Waals surface area (Å²) in [6.45, 7) is 2.95. The van der Waals surface area contributed by atoms with E-state index in [2.05, 4.69) is 26.6 Å². The third-order valence-electron chi connectivity index (χ3n) is 2.90. The molecule has 112 valence electrons. The zero-order valence-corrected chi connectivity index (χ0v) is 14.0. The Bertz CT molecular complexity index is 630. The van der Waals surface area contributed by atoms with Crippen LogP contribution in [-0.4, -0.2) is 19.0 Å². The second kappa shape index (κ2) is 7.56. The van der Waals surface area contributed by atoms with E-state index in [0.717, 1.165) is 10.2 Å². The lowest BCUT2D eigenvalue weighted by molar-refractivity contribution is 0.0954. The Morgan fingerprint density at radius 2 is 2.14 bits per heavy atom. The summed E-state index contributed by atoms with van der Waals surface area (Å²) in [6.07, 6.45) is 0.758. The van der Waals surface area contributed by atoms with Crippen molar-refractivity contribution in [1.82, 2.24) is 5.32 Å². The van der Waals surface area contributed by atoms with E-state index in [0.29, 0.717) is 18.7 Å². The molecule has 3 nitrogen and oxygen atoms in total. The highest BCUT2D eigenvalue weighted by atomic mass is 79.9. The Kier molecular flexibility index (Phi) is 5.76. The number of benzene rings is 1. The van der Waals surface area contributed by atoms with Crippen LogP contribution in [0.5, 0.6) is 0 Å². The highest BCUT2D eigenvalue weighted by Crippen LogP contribution is 2.22. The number of hydrogen-bond acceptors (Lipinski definition) is 3. The smallest absolute Gasteiger partial charge is 0.253 e. The monoisotopic (exact) mass is 370 g/mol. The van der Waals surface area contributed by atoms with E-state index in [1.807, 2.05) is 19.1 Å². The van der Waals surface area contributed by atoms with Gasteiger partial charge in [-0.2, -0.15) is 0 Å². The Balaban J connectivity index is 1.98. The fraction of sp³-hybridized carbons (Fsp3) is 0.267. The highest BCUT2D eigenvalue weighted by molar-refractivity contribution is 9.11. The second-order valence-electron chi connectivity index (χ2n) is 4.40. The van der Waals surface area contributed by atoms with Gasteiger partial charge in [0.15, 0.2) is 0 Å². The molecule has 0 bridgehead atoms. The van der Waals surface area contributed by atoms with Crippen LogP contribution in [0.4, 0.5) is 10.1 Å². The number of rotatable bonds is 6. The zero-order valence-electron chi connectivity index (χ0n) is 11.6. The molecule has 0 fully saturated rings. The van der Waals surface area contributed by atoms with E-state index in [1.54, 1.807) is 23.5 Å². The average molecular weight is 371 g/mol. The number of nitrogens with one attached hydrogen (secondary N) is 2. The number of anilines is 1. The van der Waals surface area contributed by atoms with Gasteiger partial charge in [-0.15, -0.1) is 11.3 Å². The van der Waals surface area contributed by atoms with Crippen molar-refractivity contribution in [1.29, 1.82) is 0 Å².